The molecule has 0 unspecified atom stereocenters. The lowest BCUT2D eigenvalue weighted by molar-refractivity contribution is 0.582. The molecule has 2 rings (SSSR count). The molecule has 2 aromatic heterocycles. The van der Waals surface area contributed by atoms with E-state index in [2.05, 4.69) is 31.8 Å². The minimum atomic E-state index is -3.51. The van der Waals surface area contributed by atoms with Gasteiger partial charge in [0, 0.05) is 31.6 Å². The van der Waals surface area contributed by atoms with E-state index in [4.69, 9.17) is 11.6 Å². The molecule has 0 amide bonds. The number of aliphatic imine (C=N–C) groups is 1. The zero-order valence-electron chi connectivity index (χ0n) is 13.5. The van der Waals surface area contributed by atoms with E-state index in [-0.39, 0.29) is 34.7 Å². The molecule has 0 saturated heterocycles. The summed E-state index contributed by atoms with van der Waals surface area (Å²) in [6.07, 6.45) is 0.921. The van der Waals surface area contributed by atoms with Gasteiger partial charge in [-0.1, -0.05) is 17.7 Å². The third-order valence-electron chi connectivity index (χ3n) is 2.99. The third kappa shape index (κ3) is 7.79. The second kappa shape index (κ2) is 11.3. The lowest BCUT2D eigenvalue weighted by Crippen LogP contribution is -2.42. The first-order chi connectivity index (χ1) is 11.5. The molecule has 25 heavy (non-hydrogen) atoms. The van der Waals surface area contributed by atoms with E-state index in [9.17, 15) is 8.42 Å². The van der Waals surface area contributed by atoms with Gasteiger partial charge in [-0.15, -0.1) is 46.7 Å². The second-order valence-electron chi connectivity index (χ2n) is 4.71. The zero-order valence-corrected chi connectivity index (χ0v) is 19.0. The van der Waals surface area contributed by atoms with E-state index in [1.165, 1.54) is 10.9 Å². The number of rotatable bonds is 8. The Balaban J connectivity index is 0.00000312. The van der Waals surface area contributed by atoms with Crippen molar-refractivity contribution in [1.29, 1.82) is 0 Å². The van der Waals surface area contributed by atoms with E-state index in [0.29, 0.717) is 16.8 Å². The number of nitrogens with zero attached hydrogens (tertiary/aromatic N) is 1. The molecule has 0 aliphatic rings. The SMILES string of the molecule is CN=C(NCCNS(=O)(=O)c1ccc(Cl)s1)NCCc1cccs1.I. The standard InChI is InChI=1S/C14H19ClN4O2S3.HI/c1-16-14(17-7-6-11-3-2-10-22-11)18-8-9-19-24(20,21)13-5-4-12(15)23-13;/h2-5,10,19H,6-9H2,1H3,(H2,16,17,18);1H. The van der Waals surface area contributed by atoms with E-state index in [1.54, 1.807) is 24.5 Å². The van der Waals surface area contributed by atoms with Crippen molar-refractivity contribution in [3.05, 3.63) is 38.9 Å². The summed E-state index contributed by atoms with van der Waals surface area (Å²) >= 11 is 8.52. The minimum Gasteiger partial charge on any atom is -0.356 e. The van der Waals surface area contributed by atoms with Gasteiger partial charge in [0.15, 0.2) is 5.96 Å². The third-order valence-corrected chi connectivity index (χ3v) is 7.11. The molecule has 2 heterocycles. The maximum Gasteiger partial charge on any atom is 0.250 e. The zero-order chi connectivity index (χ0) is 17.4. The van der Waals surface area contributed by atoms with Crippen LogP contribution >= 0.6 is 58.3 Å². The fourth-order valence-electron chi connectivity index (χ4n) is 1.86. The van der Waals surface area contributed by atoms with E-state index in [1.807, 2.05) is 6.07 Å². The molecule has 0 spiro atoms. The number of hydrogen-bond donors (Lipinski definition) is 3. The largest absolute Gasteiger partial charge is 0.356 e. The molecule has 0 aromatic carbocycles. The van der Waals surface area contributed by atoms with Gasteiger partial charge >= 0.3 is 0 Å². The number of hydrogen-bond acceptors (Lipinski definition) is 5. The van der Waals surface area contributed by atoms with Crippen LogP contribution in [0, 0.1) is 0 Å². The smallest absolute Gasteiger partial charge is 0.250 e. The second-order valence-corrected chi connectivity index (χ2v) is 9.45. The molecule has 0 fully saturated rings. The molecule has 0 radical (unpaired) electrons. The summed E-state index contributed by atoms with van der Waals surface area (Å²) in [5, 5.41) is 8.32. The molecular formula is C14H20ClIN4O2S3. The van der Waals surface area contributed by atoms with Gasteiger partial charge in [0.2, 0.25) is 10.0 Å². The highest BCUT2D eigenvalue weighted by Gasteiger charge is 2.15. The summed E-state index contributed by atoms with van der Waals surface area (Å²) < 4.78 is 27.3. The Kier molecular flexibility index (Phi) is 10.3. The van der Waals surface area contributed by atoms with E-state index < -0.39 is 10.0 Å². The lowest BCUT2D eigenvalue weighted by atomic mass is 10.3. The predicted octanol–water partition coefficient (Wildman–Crippen LogP) is 2.77. The van der Waals surface area contributed by atoms with Gasteiger partial charge < -0.3 is 10.6 Å². The van der Waals surface area contributed by atoms with Crippen molar-refractivity contribution < 1.29 is 8.42 Å². The fourth-order valence-corrected chi connectivity index (χ4v) is 5.13. The lowest BCUT2D eigenvalue weighted by Gasteiger charge is -2.11. The van der Waals surface area contributed by atoms with Crippen LogP contribution in [0.1, 0.15) is 4.88 Å². The van der Waals surface area contributed by atoms with Crippen molar-refractivity contribution in [3.63, 3.8) is 0 Å². The summed E-state index contributed by atoms with van der Waals surface area (Å²) in [5.41, 5.74) is 0. The van der Waals surface area contributed by atoms with Gasteiger partial charge in [-0.25, -0.2) is 13.1 Å². The molecular weight excluding hydrogens is 515 g/mol. The fraction of sp³-hybridized carbons (Fsp3) is 0.357. The van der Waals surface area contributed by atoms with Crippen molar-refractivity contribution in [3.8, 4) is 0 Å². The maximum atomic E-state index is 12.0. The van der Waals surface area contributed by atoms with Gasteiger partial charge in [0.25, 0.3) is 0 Å². The average Bonchev–Trinajstić information content (AvgIpc) is 3.21. The van der Waals surface area contributed by atoms with Crippen LogP contribution in [-0.2, 0) is 16.4 Å². The molecule has 11 heteroatoms. The average molecular weight is 535 g/mol. The van der Waals surface area contributed by atoms with Gasteiger partial charge in [-0.3, -0.25) is 4.99 Å². The summed E-state index contributed by atoms with van der Waals surface area (Å²) in [5.74, 6) is 0.643. The molecule has 0 atom stereocenters. The van der Waals surface area contributed by atoms with E-state index in [0.717, 1.165) is 24.3 Å². The summed E-state index contributed by atoms with van der Waals surface area (Å²) in [6, 6.07) is 7.18. The first-order valence-corrected chi connectivity index (χ1v) is 10.8. The van der Waals surface area contributed by atoms with Gasteiger partial charge in [-0.05, 0) is 30.0 Å². The number of thiophene rings is 2. The van der Waals surface area contributed by atoms with Crippen LogP contribution in [0.25, 0.3) is 0 Å². The highest BCUT2D eigenvalue weighted by atomic mass is 127. The van der Waals surface area contributed by atoms with Crippen molar-refractivity contribution in [2.24, 2.45) is 4.99 Å². The molecule has 140 valence electrons. The van der Waals surface area contributed by atoms with Crippen LogP contribution in [-0.4, -0.2) is 41.1 Å². The van der Waals surface area contributed by atoms with Crippen LogP contribution in [0.5, 0.6) is 0 Å². The maximum absolute atomic E-state index is 12.0. The molecule has 3 N–H and O–H groups in total. The Labute approximate surface area is 178 Å². The van der Waals surface area contributed by atoms with Crippen LogP contribution < -0.4 is 15.4 Å². The Morgan fingerprint density at radius 2 is 1.96 bits per heavy atom. The Morgan fingerprint density at radius 1 is 1.20 bits per heavy atom. The summed E-state index contributed by atoms with van der Waals surface area (Å²) in [6.45, 7) is 1.44. The topological polar surface area (TPSA) is 82.6 Å². The predicted molar refractivity (Wildman–Crippen MR) is 117 cm³/mol. The molecule has 0 bridgehead atoms. The number of sulfonamides is 1. The van der Waals surface area contributed by atoms with Crippen LogP contribution in [0.15, 0.2) is 38.8 Å². The van der Waals surface area contributed by atoms with E-state index >= 15 is 0 Å². The number of halogens is 2. The first kappa shape index (κ1) is 22.6. The van der Waals surface area contributed by atoms with Crippen molar-refractivity contribution in [1.82, 2.24) is 15.4 Å². The molecule has 2 aromatic rings. The van der Waals surface area contributed by atoms with Crippen molar-refractivity contribution in [2.45, 2.75) is 10.6 Å². The Morgan fingerprint density at radius 3 is 2.56 bits per heavy atom. The first-order valence-electron chi connectivity index (χ1n) is 7.23. The van der Waals surface area contributed by atoms with Crippen molar-refractivity contribution in [2.75, 3.05) is 26.7 Å². The minimum absolute atomic E-state index is 0. The molecule has 0 aliphatic heterocycles. The quantitative estimate of drug-likeness (QED) is 0.211. The summed E-state index contributed by atoms with van der Waals surface area (Å²) in [4.78, 5) is 5.41. The molecule has 0 aliphatic carbocycles. The number of nitrogens with one attached hydrogen (secondary N) is 3. The molecule has 0 saturated carbocycles. The van der Waals surface area contributed by atoms with Gasteiger partial charge in [-0.2, -0.15) is 0 Å². The van der Waals surface area contributed by atoms with Gasteiger partial charge in [0.1, 0.15) is 4.21 Å². The van der Waals surface area contributed by atoms with Crippen LogP contribution in [0.4, 0.5) is 0 Å². The highest BCUT2D eigenvalue weighted by Crippen LogP contribution is 2.25. The van der Waals surface area contributed by atoms with Gasteiger partial charge in [0.05, 0.1) is 4.34 Å². The van der Waals surface area contributed by atoms with Crippen molar-refractivity contribution >= 4 is 74.2 Å². The Bertz CT molecular complexity index is 763. The highest BCUT2D eigenvalue weighted by molar-refractivity contribution is 14.0. The monoisotopic (exact) mass is 534 g/mol. The Hall–Kier alpha value is -0.400. The number of guanidine groups is 1. The normalized spacial score (nSPS) is 11.8. The summed E-state index contributed by atoms with van der Waals surface area (Å²) in [7, 11) is -1.83. The molecule has 6 nitrogen and oxygen atoms in total. The van der Waals surface area contributed by atoms with Crippen LogP contribution in [0.2, 0.25) is 4.34 Å². The van der Waals surface area contributed by atoms with Crippen LogP contribution in [0.3, 0.4) is 0 Å².